The van der Waals surface area contributed by atoms with E-state index in [9.17, 15) is 19.2 Å². The molecule has 0 aliphatic carbocycles. The lowest BCUT2D eigenvalue weighted by atomic mass is 9.64. The summed E-state index contributed by atoms with van der Waals surface area (Å²) in [6.07, 6.45) is 0.381. The van der Waals surface area contributed by atoms with E-state index in [-0.39, 0.29) is 36.2 Å². The van der Waals surface area contributed by atoms with Gasteiger partial charge in [0.25, 0.3) is 11.8 Å². The number of benzene rings is 2. The topological polar surface area (TPSA) is 86.8 Å². The number of alkyl halides is 2. The van der Waals surface area contributed by atoms with Crippen LogP contribution in [0.2, 0.25) is 5.02 Å². The summed E-state index contributed by atoms with van der Waals surface area (Å²) in [6, 6.07) is 4.11. The van der Waals surface area contributed by atoms with E-state index in [1.54, 1.807) is 31.4 Å². The van der Waals surface area contributed by atoms with Gasteiger partial charge in [-0.3, -0.25) is 24.5 Å². The predicted molar refractivity (Wildman–Crippen MR) is 149 cm³/mol. The third-order valence-corrected chi connectivity index (χ3v) is 7.94. The molecule has 4 amide bonds. The van der Waals surface area contributed by atoms with Gasteiger partial charge in [-0.15, -0.1) is 0 Å². The van der Waals surface area contributed by atoms with Crippen LogP contribution in [-0.4, -0.2) is 78.7 Å². The highest BCUT2D eigenvalue weighted by Crippen LogP contribution is 2.33. The molecule has 37 heavy (non-hydrogen) atoms. The van der Waals surface area contributed by atoms with Crippen LogP contribution in [-0.2, 0) is 26.9 Å². The first-order chi connectivity index (χ1) is 17.3. The SMILES string of the molecule is Bc1c(B)c(C(B)N(B)C(=O)C(F)(F)c2ccc(Cl)cc2)c(B)c2c1C(=O)N(C1CCC(=O)NC1=O)C2. The zero-order valence-electron chi connectivity index (χ0n) is 21.2. The number of hydrogen-bond donors (Lipinski definition) is 1. The molecule has 0 bridgehead atoms. The van der Waals surface area contributed by atoms with Crippen LogP contribution < -0.4 is 21.7 Å². The first-order valence-corrected chi connectivity index (χ1v) is 12.3. The highest BCUT2D eigenvalue weighted by atomic mass is 35.5. The number of carbonyl (C=O) groups is 4. The molecule has 2 aromatic carbocycles. The van der Waals surface area contributed by atoms with Crippen molar-refractivity contribution in [3.8, 4) is 0 Å². The van der Waals surface area contributed by atoms with E-state index in [0.717, 1.165) is 22.4 Å². The maximum Gasteiger partial charge on any atom is 0.348 e. The summed E-state index contributed by atoms with van der Waals surface area (Å²) in [5, 5.41) is 2.57. The van der Waals surface area contributed by atoms with Gasteiger partial charge in [0, 0.05) is 35.1 Å². The van der Waals surface area contributed by atoms with Crippen LogP contribution in [0.1, 0.15) is 45.8 Å². The summed E-state index contributed by atoms with van der Waals surface area (Å²) in [7, 11) is 8.38. The molecule has 186 valence electrons. The van der Waals surface area contributed by atoms with Crippen molar-refractivity contribution in [3.05, 3.63) is 51.5 Å². The third kappa shape index (κ3) is 4.49. The molecule has 15 heteroatoms. The number of nitrogens with zero attached hydrogens (tertiary/aromatic N) is 2. The number of amides is 4. The van der Waals surface area contributed by atoms with Crippen molar-refractivity contribution in [1.82, 2.24) is 15.0 Å². The van der Waals surface area contributed by atoms with Crippen LogP contribution in [0.25, 0.3) is 0 Å². The summed E-state index contributed by atoms with van der Waals surface area (Å²) < 4.78 is 30.3. The van der Waals surface area contributed by atoms with Crippen molar-refractivity contribution in [2.24, 2.45) is 0 Å². The summed E-state index contributed by atoms with van der Waals surface area (Å²) in [6.45, 7) is 0.158. The number of hydrogen-bond acceptors (Lipinski definition) is 4. The van der Waals surface area contributed by atoms with Crippen LogP contribution in [0.5, 0.6) is 0 Å². The monoisotopic (exact) mass is 521 g/mol. The fourth-order valence-electron chi connectivity index (χ4n) is 5.35. The van der Waals surface area contributed by atoms with Crippen molar-refractivity contribution >= 4 is 91.0 Å². The number of rotatable bonds is 5. The second kappa shape index (κ2) is 9.70. The zero-order valence-corrected chi connectivity index (χ0v) is 22.0. The largest absolute Gasteiger partial charge is 0.389 e. The second-order valence-electron chi connectivity index (χ2n) is 9.72. The van der Waals surface area contributed by atoms with E-state index in [0.29, 0.717) is 27.6 Å². The minimum atomic E-state index is -3.76. The third-order valence-electron chi connectivity index (χ3n) is 7.68. The molecule has 0 radical (unpaired) electrons. The lowest BCUT2D eigenvalue weighted by molar-refractivity contribution is -0.154. The molecular weight excluding hydrogens is 498 g/mol. The van der Waals surface area contributed by atoms with Gasteiger partial charge in [0.2, 0.25) is 19.8 Å². The van der Waals surface area contributed by atoms with Crippen LogP contribution in [0.3, 0.4) is 0 Å². The van der Waals surface area contributed by atoms with Gasteiger partial charge in [0.15, 0.2) is 0 Å². The Hall–Kier alpha value is -3.01. The zero-order chi connectivity index (χ0) is 27.4. The van der Waals surface area contributed by atoms with Crippen molar-refractivity contribution in [2.45, 2.75) is 37.3 Å². The number of piperidine rings is 1. The molecule has 1 saturated heterocycles. The van der Waals surface area contributed by atoms with Crippen molar-refractivity contribution < 1.29 is 28.0 Å². The van der Waals surface area contributed by atoms with Crippen LogP contribution >= 0.6 is 11.6 Å². The molecule has 0 spiro atoms. The summed E-state index contributed by atoms with van der Waals surface area (Å²) in [4.78, 5) is 52.9. The number of fused-ring (bicyclic) bond motifs is 1. The maximum absolute atomic E-state index is 15.1. The van der Waals surface area contributed by atoms with Gasteiger partial charge in [-0.05, 0) is 29.7 Å². The molecule has 1 fully saturated rings. The predicted octanol–water partition coefficient (Wildman–Crippen LogP) is -4.32. The first-order valence-electron chi connectivity index (χ1n) is 12.0. The average Bonchev–Trinajstić information content (AvgIpc) is 3.19. The van der Waals surface area contributed by atoms with Gasteiger partial charge in [-0.2, -0.15) is 8.78 Å². The molecule has 2 unspecified atom stereocenters. The quantitative estimate of drug-likeness (QED) is 0.319. The first kappa shape index (κ1) is 27.0. The van der Waals surface area contributed by atoms with Crippen LogP contribution in [0, 0.1) is 0 Å². The highest BCUT2D eigenvalue weighted by molar-refractivity contribution is 6.54. The normalized spacial score (nSPS) is 18.4. The van der Waals surface area contributed by atoms with Crippen molar-refractivity contribution in [3.63, 3.8) is 0 Å². The molecule has 7 nitrogen and oxygen atoms in total. The Morgan fingerprint density at radius 2 is 1.73 bits per heavy atom. The van der Waals surface area contributed by atoms with E-state index in [4.69, 9.17) is 11.6 Å². The number of halogens is 3. The van der Waals surface area contributed by atoms with E-state index in [1.165, 1.54) is 25.0 Å². The van der Waals surface area contributed by atoms with Gasteiger partial charge in [0.05, 0.1) is 0 Å². The van der Waals surface area contributed by atoms with Gasteiger partial charge >= 0.3 is 5.92 Å². The molecule has 2 atom stereocenters. The molecule has 0 saturated carbocycles. The standard InChI is InChI=1S/C22H23B5ClF2N3O4/c23-15-10-7-32(11-5-6-12(34)31-19(11)35)20(36)13(10)16(24)17(25)14(15)18(26)33(27)21(37)22(29,30)8-1-3-9(28)4-2-8/h1-4,11,18H,5-7,23-27H2,(H,31,34,35). The molecule has 1 N–H and O–H groups in total. The fraction of sp³-hybridized carbons (Fsp3) is 0.273. The molecule has 0 aromatic heterocycles. The summed E-state index contributed by atoms with van der Waals surface area (Å²) in [5.74, 6) is -7.03. The van der Waals surface area contributed by atoms with Crippen LogP contribution in [0.4, 0.5) is 8.78 Å². The van der Waals surface area contributed by atoms with Gasteiger partial charge in [-0.25, -0.2) is 0 Å². The number of carbonyl (C=O) groups excluding carboxylic acids is 4. The Labute approximate surface area is 222 Å². The molecule has 2 aromatic rings. The van der Waals surface area contributed by atoms with Crippen molar-refractivity contribution in [1.29, 1.82) is 0 Å². The maximum atomic E-state index is 15.1. The number of imide groups is 1. The van der Waals surface area contributed by atoms with E-state index >= 15 is 8.78 Å². The lowest BCUT2D eigenvalue weighted by Gasteiger charge is -2.33. The Morgan fingerprint density at radius 1 is 1.11 bits per heavy atom. The van der Waals surface area contributed by atoms with Crippen molar-refractivity contribution in [2.75, 3.05) is 0 Å². The average molecular weight is 521 g/mol. The Kier molecular flexibility index (Phi) is 7.09. The molecule has 4 rings (SSSR count). The Bertz CT molecular complexity index is 1340. The molecule has 2 heterocycles. The Morgan fingerprint density at radius 3 is 2.32 bits per heavy atom. The molecular formula is C22H23B5ClF2N3O4. The Balaban J connectivity index is 1.67. The second-order valence-corrected chi connectivity index (χ2v) is 10.2. The molecule has 2 aliphatic heterocycles. The van der Waals surface area contributed by atoms with Gasteiger partial charge < -0.3 is 9.71 Å². The van der Waals surface area contributed by atoms with E-state index in [1.807, 2.05) is 0 Å². The minimum Gasteiger partial charge on any atom is -0.389 e. The number of nitrogens with one attached hydrogen (secondary N) is 1. The fourth-order valence-corrected chi connectivity index (χ4v) is 5.48. The lowest BCUT2D eigenvalue weighted by Crippen LogP contribution is -2.52. The summed E-state index contributed by atoms with van der Waals surface area (Å²) in [5.41, 5.74) is 3.51. The van der Waals surface area contributed by atoms with E-state index in [2.05, 4.69) is 5.32 Å². The highest BCUT2D eigenvalue weighted by Gasteiger charge is 2.45. The smallest absolute Gasteiger partial charge is 0.348 e. The molecule has 2 aliphatic rings. The van der Waals surface area contributed by atoms with Gasteiger partial charge in [-0.1, -0.05) is 40.1 Å². The van der Waals surface area contributed by atoms with E-state index < -0.39 is 35.3 Å². The minimum absolute atomic E-state index is 0.143. The van der Waals surface area contributed by atoms with Gasteiger partial charge in [0.1, 0.15) is 37.4 Å². The summed E-state index contributed by atoms with van der Waals surface area (Å²) >= 11 is 5.81. The van der Waals surface area contributed by atoms with Crippen LogP contribution in [0.15, 0.2) is 24.3 Å².